The van der Waals surface area contributed by atoms with E-state index in [9.17, 15) is 9.59 Å². The summed E-state index contributed by atoms with van der Waals surface area (Å²) in [5.74, 6) is 0.104. The topological polar surface area (TPSA) is 79.6 Å². The Morgan fingerprint density at radius 2 is 2.08 bits per heavy atom. The van der Waals surface area contributed by atoms with E-state index in [1.807, 2.05) is 24.3 Å². The smallest absolute Gasteiger partial charge is 0.273 e. The van der Waals surface area contributed by atoms with Gasteiger partial charge in [0, 0.05) is 31.0 Å². The standard InChI is InChI=1S/C16H16ClN5O2/c1-21-15(23)7-6-13(20-21)16(24)19-14-8-9-18-22(14)10-11-4-2-3-5-12(11)17/h2-5,8-9H,6-7,10H2,1H3,(H,19,24). The number of rotatable bonds is 4. The quantitative estimate of drug-likeness (QED) is 0.921. The Labute approximate surface area is 143 Å². The SMILES string of the molecule is CN1N=C(C(=O)Nc2ccnn2Cc2ccccc2Cl)CCC1=O. The van der Waals surface area contributed by atoms with Crippen molar-refractivity contribution in [3.05, 3.63) is 47.1 Å². The molecule has 0 aliphatic carbocycles. The van der Waals surface area contributed by atoms with E-state index in [4.69, 9.17) is 11.6 Å². The van der Waals surface area contributed by atoms with E-state index in [0.29, 0.717) is 29.5 Å². The molecule has 2 aromatic rings. The minimum Gasteiger partial charge on any atom is -0.306 e. The molecule has 0 bridgehead atoms. The van der Waals surface area contributed by atoms with Crippen molar-refractivity contribution in [3.8, 4) is 0 Å². The largest absolute Gasteiger partial charge is 0.306 e. The van der Waals surface area contributed by atoms with Gasteiger partial charge < -0.3 is 5.32 Å². The van der Waals surface area contributed by atoms with Crippen molar-refractivity contribution in [2.24, 2.45) is 5.10 Å². The number of aromatic nitrogens is 2. The number of hydrogen-bond acceptors (Lipinski definition) is 4. The van der Waals surface area contributed by atoms with Crippen molar-refractivity contribution in [1.29, 1.82) is 0 Å². The molecule has 0 fully saturated rings. The maximum atomic E-state index is 12.3. The van der Waals surface area contributed by atoms with E-state index in [1.165, 1.54) is 12.1 Å². The van der Waals surface area contributed by atoms with Crippen LogP contribution in [-0.2, 0) is 16.1 Å². The minimum absolute atomic E-state index is 0.102. The first-order valence-electron chi connectivity index (χ1n) is 7.45. The summed E-state index contributed by atoms with van der Waals surface area (Å²) in [6.07, 6.45) is 2.21. The molecule has 3 rings (SSSR count). The third-order valence-electron chi connectivity index (χ3n) is 3.71. The third-order valence-corrected chi connectivity index (χ3v) is 4.07. The van der Waals surface area contributed by atoms with Crippen LogP contribution in [0.4, 0.5) is 5.82 Å². The Morgan fingerprint density at radius 3 is 2.83 bits per heavy atom. The molecule has 0 spiro atoms. The molecular weight excluding hydrogens is 330 g/mol. The Hall–Kier alpha value is -2.67. The van der Waals surface area contributed by atoms with Crippen molar-refractivity contribution in [3.63, 3.8) is 0 Å². The van der Waals surface area contributed by atoms with Gasteiger partial charge in [-0.1, -0.05) is 29.8 Å². The van der Waals surface area contributed by atoms with Crippen molar-refractivity contribution in [2.45, 2.75) is 19.4 Å². The van der Waals surface area contributed by atoms with Crippen molar-refractivity contribution in [2.75, 3.05) is 12.4 Å². The molecule has 24 heavy (non-hydrogen) atoms. The number of halogens is 1. The molecule has 1 aromatic heterocycles. The van der Waals surface area contributed by atoms with E-state index in [-0.39, 0.29) is 18.2 Å². The first kappa shape index (κ1) is 16.2. The minimum atomic E-state index is -0.338. The van der Waals surface area contributed by atoms with Gasteiger partial charge in [0.15, 0.2) is 0 Å². The lowest BCUT2D eigenvalue weighted by Gasteiger charge is -2.19. The molecule has 0 atom stereocenters. The molecule has 0 radical (unpaired) electrons. The highest BCUT2D eigenvalue weighted by molar-refractivity contribution is 6.43. The Kier molecular flexibility index (Phi) is 4.61. The molecule has 1 aliphatic heterocycles. The van der Waals surface area contributed by atoms with E-state index in [2.05, 4.69) is 15.5 Å². The molecule has 0 saturated carbocycles. The van der Waals surface area contributed by atoms with Crippen LogP contribution < -0.4 is 5.32 Å². The molecule has 1 aromatic carbocycles. The van der Waals surface area contributed by atoms with Gasteiger partial charge in [-0.25, -0.2) is 9.69 Å². The second-order valence-corrected chi connectivity index (χ2v) is 5.79. The second kappa shape index (κ2) is 6.84. The van der Waals surface area contributed by atoms with Crippen LogP contribution in [0.2, 0.25) is 5.02 Å². The predicted octanol–water partition coefficient (Wildman–Crippen LogP) is 2.13. The summed E-state index contributed by atoms with van der Waals surface area (Å²) in [5, 5.41) is 12.8. The number of benzene rings is 1. The summed E-state index contributed by atoms with van der Waals surface area (Å²) in [6.45, 7) is 0.438. The molecule has 0 unspecified atom stereocenters. The molecule has 8 heteroatoms. The van der Waals surface area contributed by atoms with Gasteiger partial charge in [-0.05, 0) is 11.6 Å². The molecule has 2 heterocycles. The first-order valence-corrected chi connectivity index (χ1v) is 7.83. The van der Waals surface area contributed by atoms with Gasteiger partial charge in [0.2, 0.25) is 5.91 Å². The highest BCUT2D eigenvalue weighted by Crippen LogP contribution is 2.18. The van der Waals surface area contributed by atoms with Gasteiger partial charge in [-0.3, -0.25) is 9.59 Å². The monoisotopic (exact) mass is 345 g/mol. The average Bonchev–Trinajstić information content (AvgIpc) is 2.99. The molecule has 1 N–H and O–H groups in total. The molecule has 0 saturated heterocycles. The fourth-order valence-electron chi connectivity index (χ4n) is 2.37. The highest BCUT2D eigenvalue weighted by Gasteiger charge is 2.22. The molecule has 124 valence electrons. The molecule has 7 nitrogen and oxygen atoms in total. The van der Waals surface area contributed by atoms with Crippen LogP contribution in [0, 0.1) is 0 Å². The van der Waals surface area contributed by atoms with Gasteiger partial charge in [0.05, 0.1) is 12.7 Å². The maximum absolute atomic E-state index is 12.3. The van der Waals surface area contributed by atoms with Crippen LogP contribution in [0.1, 0.15) is 18.4 Å². The van der Waals surface area contributed by atoms with Crippen LogP contribution >= 0.6 is 11.6 Å². The molecular formula is C16H16ClN5O2. The summed E-state index contributed by atoms with van der Waals surface area (Å²) in [6, 6.07) is 9.17. The van der Waals surface area contributed by atoms with E-state index in [0.717, 1.165) is 5.56 Å². The Bertz CT molecular complexity index is 814. The predicted molar refractivity (Wildman–Crippen MR) is 90.8 cm³/mol. The van der Waals surface area contributed by atoms with Gasteiger partial charge in [-0.15, -0.1) is 0 Å². The lowest BCUT2D eigenvalue weighted by Crippen LogP contribution is -2.34. The van der Waals surface area contributed by atoms with E-state index in [1.54, 1.807) is 16.9 Å². The van der Waals surface area contributed by atoms with Gasteiger partial charge in [0.1, 0.15) is 11.5 Å². The number of hydrogen-bond donors (Lipinski definition) is 1. The van der Waals surface area contributed by atoms with E-state index < -0.39 is 0 Å². The normalized spacial score (nSPS) is 14.5. The fourth-order valence-corrected chi connectivity index (χ4v) is 2.57. The Morgan fingerprint density at radius 1 is 1.29 bits per heavy atom. The number of nitrogens with zero attached hydrogens (tertiary/aromatic N) is 4. The highest BCUT2D eigenvalue weighted by atomic mass is 35.5. The van der Waals surface area contributed by atoms with Crippen LogP contribution in [0.25, 0.3) is 0 Å². The number of carbonyl (C=O) groups is 2. The first-order chi connectivity index (χ1) is 11.5. The van der Waals surface area contributed by atoms with Crippen LogP contribution in [0.15, 0.2) is 41.6 Å². The second-order valence-electron chi connectivity index (χ2n) is 5.38. The summed E-state index contributed by atoms with van der Waals surface area (Å²) >= 11 is 6.17. The van der Waals surface area contributed by atoms with Gasteiger partial charge >= 0.3 is 0 Å². The zero-order valence-electron chi connectivity index (χ0n) is 13.1. The average molecular weight is 346 g/mol. The fraction of sp³-hybridized carbons (Fsp3) is 0.250. The van der Waals surface area contributed by atoms with Crippen molar-refractivity contribution in [1.82, 2.24) is 14.8 Å². The van der Waals surface area contributed by atoms with Crippen LogP contribution in [-0.4, -0.2) is 39.4 Å². The molecule has 1 aliphatic rings. The Balaban J connectivity index is 1.74. The number of hydrazone groups is 1. The van der Waals surface area contributed by atoms with Crippen molar-refractivity contribution < 1.29 is 9.59 Å². The number of nitrogens with one attached hydrogen (secondary N) is 1. The van der Waals surface area contributed by atoms with Gasteiger partial charge in [-0.2, -0.15) is 10.2 Å². The summed E-state index contributed by atoms with van der Waals surface area (Å²) in [7, 11) is 1.54. The summed E-state index contributed by atoms with van der Waals surface area (Å²) < 4.78 is 1.65. The third kappa shape index (κ3) is 3.46. The number of carbonyl (C=O) groups excluding carboxylic acids is 2. The lowest BCUT2D eigenvalue weighted by molar-refractivity contribution is -0.130. The van der Waals surface area contributed by atoms with Crippen molar-refractivity contribution >= 4 is 34.9 Å². The number of anilines is 1. The van der Waals surface area contributed by atoms with E-state index >= 15 is 0 Å². The van der Waals surface area contributed by atoms with Crippen LogP contribution in [0.3, 0.4) is 0 Å². The summed E-state index contributed by atoms with van der Waals surface area (Å²) in [4.78, 5) is 23.8. The van der Waals surface area contributed by atoms with Crippen LogP contribution in [0.5, 0.6) is 0 Å². The zero-order chi connectivity index (χ0) is 17.1. The zero-order valence-corrected chi connectivity index (χ0v) is 13.8. The lowest BCUT2D eigenvalue weighted by atomic mass is 10.1. The maximum Gasteiger partial charge on any atom is 0.273 e. The summed E-state index contributed by atoms with van der Waals surface area (Å²) in [5.41, 5.74) is 1.22. The number of amides is 2. The molecule has 2 amide bonds. The van der Waals surface area contributed by atoms with Gasteiger partial charge in [0.25, 0.3) is 5.91 Å².